The molecule has 0 amide bonds. The van der Waals surface area contributed by atoms with E-state index in [1.165, 1.54) is 31.4 Å². The first-order valence-electron chi connectivity index (χ1n) is 10.0. The zero-order chi connectivity index (χ0) is 18.6. The minimum absolute atomic E-state index is 0.144. The number of carbonyl (C=O) groups is 1. The van der Waals surface area contributed by atoms with E-state index in [9.17, 15) is 4.79 Å². The molecule has 1 aromatic heterocycles. The third-order valence-corrected chi connectivity index (χ3v) is 6.09. The molecular formula is C22H28N4O. The van der Waals surface area contributed by atoms with Crippen molar-refractivity contribution in [1.82, 2.24) is 14.9 Å². The number of anilines is 1. The molecule has 0 bridgehead atoms. The molecule has 5 nitrogen and oxygen atoms in total. The number of aromatic nitrogens is 2. The van der Waals surface area contributed by atoms with Gasteiger partial charge in [0, 0.05) is 44.1 Å². The summed E-state index contributed by atoms with van der Waals surface area (Å²) in [5.74, 6) is 2.61. The zero-order valence-corrected chi connectivity index (χ0v) is 16.1. The first-order valence-corrected chi connectivity index (χ1v) is 10.0. The third kappa shape index (κ3) is 4.35. The van der Waals surface area contributed by atoms with Crippen molar-refractivity contribution in [2.24, 2.45) is 11.8 Å². The lowest BCUT2D eigenvalue weighted by Gasteiger charge is -2.34. The molecule has 1 atom stereocenters. The number of hydrogen-bond acceptors (Lipinski definition) is 5. The number of benzene rings is 1. The van der Waals surface area contributed by atoms with Crippen molar-refractivity contribution in [2.45, 2.75) is 32.7 Å². The fraction of sp³-hybridized carbons (Fsp3) is 0.500. The van der Waals surface area contributed by atoms with Crippen LogP contribution in [0.4, 0.5) is 5.95 Å². The van der Waals surface area contributed by atoms with E-state index < -0.39 is 0 Å². The van der Waals surface area contributed by atoms with Crippen LogP contribution in [0.25, 0.3) is 0 Å². The van der Waals surface area contributed by atoms with Gasteiger partial charge in [0.1, 0.15) is 0 Å². The molecule has 0 radical (unpaired) electrons. The summed E-state index contributed by atoms with van der Waals surface area (Å²) in [6.07, 6.45) is 7.40. The van der Waals surface area contributed by atoms with E-state index in [4.69, 9.17) is 0 Å². The molecule has 0 spiro atoms. The topological polar surface area (TPSA) is 49.3 Å². The molecule has 0 aliphatic carbocycles. The molecular weight excluding hydrogens is 336 g/mol. The Bertz CT molecular complexity index is 771. The molecule has 5 heteroatoms. The van der Waals surface area contributed by atoms with Gasteiger partial charge in [-0.15, -0.1) is 0 Å². The number of likely N-dealkylation sites (tertiary alicyclic amines) is 1. The number of nitrogens with zero attached hydrogens (tertiary/aromatic N) is 4. The van der Waals surface area contributed by atoms with Crippen LogP contribution in [-0.4, -0.2) is 46.8 Å². The van der Waals surface area contributed by atoms with Crippen LogP contribution in [0, 0.1) is 11.8 Å². The Labute approximate surface area is 161 Å². The van der Waals surface area contributed by atoms with Crippen molar-refractivity contribution in [3.05, 3.63) is 53.9 Å². The highest BCUT2D eigenvalue weighted by Gasteiger charge is 2.32. The molecule has 27 heavy (non-hydrogen) atoms. The number of hydrogen-bond donors (Lipinski definition) is 0. The Balaban J connectivity index is 1.29. The van der Waals surface area contributed by atoms with Gasteiger partial charge in [-0.25, -0.2) is 9.97 Å². The van der Waals surface area contributed by atoms with E-state index in [1.54, 1.807) is 6.92 Å². The molecule has 1 unspecified atom stereocenters. The molecule has 2 aromatic rings. The summed E-state index contributed by atoms with van der Waals surface area (Å²) < 4.78 is 0. The highest BCUT2D eigenvalue weighted by atomic mass is 16.1. The standard InChI is InChI=1S/C22H28N4O/c1-17(27)20-5-2-4-18(14-20)15-25-11-6-21(16-25)19-7-12-26(13-8-19)22-23-9-3-10-24-22/h2-5,9-10,14,19,21H,6-8,11-13,15-16H2,1H3. The Morgan fingerprint density at radius 3 is 2.52 bits per heavy atom. The van der Waals surface area contributed by atoms with Crippen LogP contribution in [0.15, 0.2) is 42.7 Å². The second-order valence-corrected chi connectivity index (χ2v) is 7.91. The second-order valence-electron chi connectivity index (χ2n) is 7.91. The molecule has 0 saturated carbocycles. The largest absolute Gasteiger partial charge is 0.341 e. The fourth-order valence-corrected chi connectivity index (χ4v) is 4.56. The normalized spacial score (nSPS) is 21.5. The van der Waals surface area contributed by atoms with Gasteiger partial charge in [0.25, 0.3) is 0 Å². The highest BCUT2D eigenvalue weighted by molar-refractivity contribution is 5.94. The van der Waals surface area contributed by atoms with Crippen molar-refractivity contribution in [1.29, 1.82) is 0 Å². The zero-order valence-electron chi connectivity index (χ0n) is 16.1. The quantitative estimate of drug-likeness (QED) is 0.761. The Kier molecular flexibility index (Phi) is 5.48. The second kappa shape index (κ2) is 8.17. The average Bonchev–Trinajstić information content (AvgIpc) is 3.17. The van der Waals surface area contributed by atoms with Crippen LogP contribution in [0.5, 0.6) is 0 Å². The maximum atomic E-state index is 11.6. The van der Waals surface area contributed by atoms with E-state index in [2.05, 4.69) is 25.8 Å². The van der Waals surface area contributed by atoms with Crippen LogP contribution in [0.3, 0.4) is 0 Å². The van der Waals surface area contributed by atoms with Crippen LogP contribution < -0.4 is 4.90 Å². The monoisotopic (exact) mass is 364 g/mol. The molecule has 1 aromatic carbocycles. The van der Waals surface area contributed by atoms with Crippen LogP contribution in [-0.2, 0) is 6.54 Å². The van der Waals surface area contributed by atoms with Gasteiger partial charge in [-0.3, -0.25) is 9.69 Å². The van der Waals surface area contributed by atoms with Gasteiger partial charge in [-0.2, -0.15) is 0 Å². The summed E-state index contributed by atoms with van der Waals surface area (Å²) in [4.78, 5) is 25.2. The predicted molar refractivity (Wildman–Crippen MR) is 107 cm³/mol. The van der Waals surface area contributed by atoms with Gasteiger partial charge in [0.15, 0.2) is 5.78 Å². The number of carbonyl (C=O) groups excluding carboxylic acids is 1. The van der Waals surface area contributed by atoms with Gasteiger partial charge < -0.3 is 4.90 Å². The molecule has 2 aliphatic rings. The molecule has 2 aliphatic heterocycles. The molecule has 2 fully saturated rings. The summed E-state index contributed by atoms with van der Waals surface area (Å²) in [5.41, 5.74) is 2.07. The number of ketones is 1. The van der Waals surface area contributed by atoms with E-state index in [0.29, 0.717) is 0 Å². The summed E-state index contributed by atoms with van der Waals surface area (Å²) in [5, 5.41) is 0. The van der Waals surface area contributed by atoms with Crippen molar-refractivity contribution >= 4 is 11.7 Å². The van der Waals surface area contributed by atoms with E-state index in [1.807, 2.05) is 36.7 Å². The van der Waals surface area contributed by atoms with E-state index in [-0.39, 0.29) is 5.78 Å². The van der Waals surface area contributed by atoms with Gasteiger partial charge in [0.05, 0.1) is 0 Å². The summed E-state index contributed by atoms with van der Waals surface area (Å²) in [7, 11) is 0. The Morgan fingerprint density at radius 1 is 1.04 bits per heavy atom. The molecule has 2 saturated heterocycles. The summed E-state index contributed by atoms with van der Waals surface area (Å²) >= 11 is 0. The van der Waals surface area contributed by atoms with Crippen LogP contribution >= 0.6 is 0 Å². The molecule has 142 valence electrons. The summed E-state index contributed by atoms with van der Waals surface area (Å²) in [6, 6.07) is 9.96. The SMILES string of the molecule is CC(=O)c1cccc(CN2CCC(C3CCN(c4ncccn4)CC3)C2)c1. The fourth-order valence-electron chi connectivity index (χ4n) is 4.56. The lowest BCUT2D eigenvalue weighted by Crippen LogP contribution is -2.37. The van der Waals surface area contributed by atoms with Gasteiger partial charge >= 0.3 is 0 Å². The number of piperidine rings is 1. The number of Topliss-reactive ketones (excluding diaryl/α,β-unsaturated/α-hetero) is 1. The first-order chi connectivity index (χ1) is 13.2. The molecule has 0 N–H and O–H groups in total. The highest BCUT2D eigenvalue weighted by Crippen LogP contribution is 2.33. The summed E-state index contributed by atoms with van der Waals surface area (Å²) in [6.45, 7) is 7.05. The minimum Gasteiger partial charge on any atom is -0.341 e. The van der Waals surface area contributed by atoms with E-state index >= 15 is 0 Å². The van der Waals surface area contributed by atoms with Crippen molar-refractivity contribution in [3.63, 3.8) is 0 Å². The van der Waals surface area contributed by atoms with E-state index in [0.717, 1.165) is 49.5 Å². The lowest BCUT2D eigenvalue weighted by molar-refractivity contribution is 0.101. The first kappa shape index (κ1) is 18.1. The lowest BCUT2D eigenvalue weighted by atomic mass is 9.84. The maximum Gasteiger partial charge on any atom is 0.225 e. The molecule has 3 heterocycles. The third-order valence-electron chi connectivity index (χ3n) is 6.09. The Hall–Kier alpha value is -2.27. The van der Waals surface area contributed by atoms with Crippen molar-refractivity contribution in [2.75, 3.05) is 31.1 Å². The van der Waals surface area contributed by atoms with Gasteiger partial charge in [-0.05, 0) is 62.3 Å². The van der Waals surface area contributed by atoms with Gasteiger partial charge in [0.2, 0.25) is 5.95 Å². The van der Waals surface area contributed by atoms with Gasteiger partial charge in [-0.1, -0.05) is 18.2 Å². The van der Waals surface area contributed by atoms with Crippen molar-refractivity contribution < 1.29 is 4.79 Å². The van der Waals surface area contributed by atoms with Crippen LogP contribution in [0.1, 0.15) is 42.1 Å². The number of rotatable bonds is 5. The average molecular weight is 364 g/mol. The maximum absolute atomic E-state index is 11.6. The van der Waals surface area contributed by atoms with Crippen molar-refractivity contribution in [3.8, 4) is 0 Å². The minimum atomic E-state index is 0.144. The smallest absolute Gasteiger partial charge is 0.225 e. The molecule has 4 rings (SSSR count). The Morgan fingerprint density at radius 2 is 1.78 bits per heavy atom. The predicted octanol–water partition coefficient (Wildman–Crippen LogP) is 3.42. The van der Waals surface area contributed by atoms with Crippen LogP contribution in [0.2, 0.25) is 0 Å².